The number of aliphatic imine (C=N–C) groups is 1. The summed E-state index contributed by atoms with van der Waals surface area (Å²) in [5, 5.41) is 3.89. The van der Waals surface area contributed by atoms with Gasteiger partial charge in [0.05, 0.1) is 25.2 Å². The molecule has 0 unspecified atom stereocenters. The summed E-state index contributed by atoms with van der Waals surface area (Å²) in [4.78, 5) is 20.7. The lowest BCUT2D eigenvalue weighted by Gasteiger charge is -2.23. The molecule has 3 aromatic rings. The number of unbranched alkanes of at least 4 members (excludes halogenated alkanes) is 1. The van der Waals surface area contributed by atoms with Crippen LogP contribution in [-0.2, 0) is 32.7 Å². The topological polar surface area (TPSA) is 123 Å². The van der Waals surface area contributed by atoms with Crippen LogP contribution in [0.1, 0.15) is 81.2 Å². The number of nitrogens with zero attached hydrogens (tertiary/aromatic N) is 3. The average Bonchev–Trinajstić information content (AvgIpc) is 3.69. The summed E-state index contributed by atoms with van der Waals surface area (Å²) >= 11 is 0. The summed E-state index contributed by atoms with van der Waals surface area (Å²) in [6.45, 7) is 8.68. The molecule has 2 heterocycles. The number of hydrogen-bond donors (Lipinski definition) is 1. The molecule has 5 rings (SSSR count). The molecule has 0 atom stereocenters. The van der Waals surface area contributed by atoms with E-state index in [1.807, 2.05) is 30.0 Å². The van der Waals surface area contributed by atoms with Crippen LogP contribution in [-0.4, -0.2) is 49.5 Å². The lowest BCUT2D eigenvalue weighted by Crippen LogP contribution is -2.40. The van der Waals surface area contributed by atoms with E-state index in [1.165, 1.54) is 6.07 Å². The molecule has 1 aliphatic heterocycles. The highest BCUT2D eigenvalue weighted by atomic mass is 32.2. The van der Waals surface area contributed by atoms with Crippen LogP contribution >= 0.6 is 0 Å². The normalized spacial score (nSPS) is 16.2. The fraction of sp³-hybridized carbons (Fsp3) is 0.485. The third kappa shape index (κ3) is 6.25. The summed E-state index contributed by atoms with van der Waals surface area (Å²) in [6, 6.07) is 10.7. The average molecular weight is 623 g/mol. The molecule has 1 aliphatic carbocycles. The fourth-order valence-electron chi connectivity index (χ4n) is 6.00. The molecule has 11 heteroatoms. The Bertz CT molecular complexity index is 1660. The van der Waals surface area contributed by atoms with Gasteiger partial charge in [0.2, 0.25) is 0 Å². The van der Waals surface area contributed by atoms with E-state index in [2.05, 4.69) is 16.8 Å². The van der Waals surface area contributed by atoms with Crippen molar-refractivity contribution in [1.82, 2.24) is 10.1 Å². The number of benzene rings is 2. The van der Waals surface area contributed by atoms with Crippen LogP contribution < -0.4 is 9.46 Å². The van der Waals surface area contributed by atoms with Crippen LogP contribution in [0.5, 0.6) is 5.75 Å². The minimum absolute atomic E-state index is 0.0655. The lowest BCUT2D eigenvalue weighted by atomic mass is 9.96. The molecule has 44 heavy (non-hydrogen) atoms. The molecule has 1 fully saturated rings. The van der Waals surface area contributed by atoms with Crippen LogP contribution in [0.25, 0.3) is 11.1 Å². The Morgan fingerprint density at radius 1 is 1.07 bits per heavy atom. The zero-order valence-corrected chi connectivity index (χ0v) is 27.1. The zero-order valence-electron chi connectivity index (χ0n) is 26.2. The second kappa shape index (κ2) is 13.1. The maximum atomic E-state index is 13.7. The zero-order chi connectivity index (χ0) is 31.5. The van der Waals surface area contributed by atoms with E-state index in [0.717, 1.165) is 61.9 Å². The van der Waals surface area contributed by atoms with Crippen molar-refractivity contribution in [2.75, 3.05) is 18.4 Å². The van der Waals surface area contributed by atoms with Crippen molar-refractivity contribution < 1.29 is 27.2 Å². The molecular formula is C33H42N4O6S. The van der Waals surface area contributed by atoms with E-state index in [4.69, 9.17) is 19.0 Å². The van der Waals surface area contributed by atoms with Gasteiger partial charge in [-0.05, 0) is 74.9 Å². The van der Waals surface area contributed by atoms with Gasteiger partial charge in [-0.2, -0.15) is 0 Å². The van der Waals surface area contributed by atoms with Crippen molar-refractivity contribution in [3.05, 3.63) is 58.8 Å². The number of hydrogen-bond acceptors (Lipinski definition) is 8. The van der Waals surface area contributed by atoms with Crippen molar-refractivity contribution in [2.45, 2.75) is 96.2 Å². The van der Waals surface area contributed by atoms with Gasteiger partial charge in [-0.3, -0.25) is 19.4 Å². The highest BCUT2D eigenvalue weighted by Gasteiger charge is 2.49. The van der Waals surface area contributed by atoms with Crippen LogP contribution in [0.4, 0.5) is 5.82 Å². The van der Waals surface area contributed by atoms with Gasteiger partial charge < -0.3 is 14.0 Å². The lowest BCUT2D eigenvalue weighted by molar-refractivity contribution is -0.131. The summed E-state index contributed by atoms with van der Waals surface area (Å²) in [5.41, 5.74) is 2.89. The van der Waals surface area contributed by atoms with Gasteiger partial charge >= 0.3 is 0 Å². The molecule has 0 radical (unpaired) electrons. The third-order valence-electron chi connectivity index (χ3n) is 8.61. The number of aromatic nitrogens is 1. The van der Waals surface area contributed by atoms with Crippen LogP contribution in [0.15, 0.2) is 50.8 Å². The van der Waals surface area contributed by atoms with E-state index in [1.54, 1.807) is 33.1 Å². The molecule has 1 saturated carbocycles. The van der Waals surface area contributed by atoms with Gasteiger partial charge in [0, 0.05) is 24.2 Å². The highest BCUT2D eigenvalue weighted by molar-refractivity contribution is 7.92. The number of sulfonamides is 1. The molecule has 236 valence electrons. The number of amides is 1. The van der Waals surface area contributed by atoms with Gasteiger partial charge in [-0.25, -0.2) is 8.42 Å². The Kier molecular flexibility index (Phi) is 9.45. The molecule has 1 N–H and O–H groups in total. The Morgan fingerprint density at radius 2 is 1.84 bits per heavy atom. The van der Waals surface area contributed by atoms with E-state index < -0.39 is 15.6 Å². The second-order valence-electron chi connectivity index (χ2n) is 11.6. The van der Waals surface area contributed by atoms with Crippen molar-refractivity contribution in [2.24, 2.45) is 4.99 Å². The number of nitrogens with one attached hydrogen (secondary N) is 1. The van der Waals surface area contributed by atoms with Crippen LogP contribution in [0, 0.1) is 13.8 Å². The first kappa shape index (κ1) is 31.7. The molecule has 10 nitrogen and oxygen atoms in total. The minimum atomic E-state index is -4.07. The molecule has 1 aromatic heterocycles. The number of carbonyl (C=O) groups excluding carboxylic acids is 1. The number of aryl methyl sites for hydroxylation is 1. The first-order valence-corrected chi connectivity index (χ1v) is 16.8. The van der Waals surface area contributed by atoms with E-state index in [9.17, 15) is 13.2 Å². The van der Waals surface area contributed by atoms with Gasteiger partial charge in [-0.15, -0.1) is 0 Å². The fourth-order valence-corrected chi connectivity index (χ4v) is 7.26. The smallest absolute Gasteiger partial charge is 0.263 e. The summed E-state index contributed by atoms with van der Waals surface area (Å²) in [7, 11) is -2.53. The van der Waals surface area contributed by atoms with Crippen molar-refractivity contribution in [3.8, 4) is 16.9 Å². The molecule has 1 spiro atoms. The van der Waals surface area contributed by atoms with Crippen LogP contribution in [0.2, 0.25) is 0 Å². The molecule has 0 saturated heterocycles. The molecule has 2 aromatic carbocycles. The largest absolute Gasteiger partial charge is 0.497 e. The van der Waals surface area contributed by atoms with Gasteiger partial charge in [0.15, 0.2) is 5.82 Å². The highest BCUT2D eigenvalue weighted by Crippen LogP contribution is 2.41. The standard InChI is InChI=1S/C33H42N4O6S/c1-6-8-11-30-34-33(16-9-10-17-33)32(38)37(30)20-24-12-14-27(25(18-24)21-42-7-2)28-19-26(41-5)13-15-29(28)44(39,40)36-31-22(3)23(4)43-35-31/h12-15,18-19H,6-11,16-17,20-21H2,1-5H3,(H,35,36). The predicted molar refractivity (Wildman–Crippen MR) is 169 cm³/mol. The number of amidine groups is 1. The molecule has 0 bridgehead atoms. The Balaban J connectivity index is 1.53. The van der Waals surface area contributed by atoms with E-state index >= 15 is 0 Å². The first-order chi connectivity index (χ1) is 21.1. The summed E-state index contributed by atoms with van der Waals surface area (Å²) in [5.74, 6) is 2.16. The van der Waals surface area contributed by atoms with Crippen LogP contribution in [0.3, 0.4) is 0 Å². The van der Waals surface area contributed by atoms with Gasteiger partial charge in [0.25, 0.3) is 15.9 Å². The number of methoxy groups -OCH3 is 1. The maximum Gasteiger partial charge on any atom is 0.263 e. The predicted octanol–water partition coefficient (Wildman–Crippen LogP) is 6.55. The molecule has 2 aliphatic rings. The SMILES string of the molecule is CCCCC1=NC2(CCCC2)C(=O)N1Cc1ccc(-c2cc(OC)ccc2S(=O)(=O)Nc2noc(C)c2C)c(COCC)c1. The number of rotatable bonds is 13. The molecular weight excluding hydrogens is 580 g/mol. The van der Waals surface area contributed by atoms with Gasteiger partial charge in [-0.1, -0.05) is 49.5 Å². The monoisotopic (exact) mass is 622 g/mol. The second-order valence-corrected chi connectivity index (χ2v) is 13.2. The minimum Gasteiger partial charge on any atom is -0.497 e. The van der Waals surface area contributed by atoms with E-state index in [-0.39, 0.29) is 23.2 Å². The summed E-state index contributed by atoms with van der Waals surface area (Å²) in [6.07, 6.45) is 6.43. The van der Waals surface area contributed by atoms with Crippen molar-refractivity contribution in [1.29, 1.82) is 0 Å². The Morgan fingerprint density at radius 3 is 2.50 bits per heavy atom. The van der Waals surface area contributed by atoms with Crippen molar-refractivity contribution in [3.63, 3.8) is 0 Å². The Labute approximate surface area is 259 Å². The number of carbonyl (C=O) groups is 1. The van der Waals surface area contributed by atoms with E-state index in [0.29, 0.717) is 41.4 Å². The number of ether oxygens (including phenoxy) is 2. The number of anilines is 1. The molecule has 1 amide bonds. The summed E-state index contributed by atoms with van der Waals surface area (Å²) < 4.78 is 46.6. The maximum absolute atomic E-state index is 13.7. The quantitative estimate of drug-likeness (QED) is 0.229. The first-order valence-electron chi connectivity index (χ1n) is 15.4. The third-order valence-corrected chi connectivity index (χ3v) is 10.0. The van der Waals surface area contributed by atoms with Crippen molar-refractivity contribution >= 4 is 27.6 Å². The van der Waals surface area contributed by atoms with Gasteiger partial charge in [0.1, 0.15) is 22.9 Å². The Hall–Kier alpha value is -3.70.